The fraction of sp³-hybridized carbons (Fsp3) is 0.273. The van der Waals surface area contributed by atoms with Gasteiger partial charge >= 0.3 is 6.01 Å². The van der Waals surface area contributed by atoms with Crippen molar-refractivity contribution < 1.29 is 4.42 Å². The van der Waals surface area contributed by atoms with Crippen molar-refractivity contribution in [3.05, 3.63) is 41.8 Å². The van der Waals surface area contributed by atoms with E-state index in [0.29, 0.717) is 12.3 Å². The highest BCUT2D eigenvalue weighted by molar-refractivity contribution is 5.18. The Balaban J connectivity index is 0.000000531. The first kappa shape index (κ1) is 11.2. The molecule has 2 N–H and O–H groups in total. The van der Waals surface area contributed by atoms with E-state index in [1.165, 1.54) is 0 Å². The second kappa shape index (κ2) is 5.80. The van der Waals surface area contributed by atoms with E-state index in [4.69, 9.17) is 10.2 Å². The summed E-state index contributed by atoms with van der Waals surface area (Å²) in [5.41, 5.74) is 6.42. The van der Waals surface area contributed by atoms with Crippen LogP contribution in [0, 0.1) is 0 Å². The molecule has 2 rings (SSSR count). The summed E-state index contributed by atoms with van der Waals surface area (Å²) in [6.07, 6.45) is 0.630. The van der Waals surface area contributed by atoms with Gasteiger partial charge < -0.3 is 10.2 Å². The maximum absolute atomic E-state index is 5.29. The van der Waals surface area contributed by atoms with E-state index in [1.807, 2.05) is 44.2 Å². The average molecular weight is 205 g/mol. The molecule has 4 nitrogen and oxygen atoms in total. The van der Waals surface area contributed by atoms with Crippen LogP contribution in [0.2, 0.25) is 0 Å². The molecule has 0 spiro atoms. The lowest BCUT2D eigenvalue weighted by atomic mass is 10.2. The maximum atomic E-state index is 5.29. The van der Waals surface area contributed by atoms with Crippen molar-refractivity contribution in [1.29, 1.82) is 0 Å². The number of nitrogen functional groups attached to an aromatic ring is 1. The van der Waals surface area contributed by atoms with Gasteiger partial charge in [-0.3, -0.25) is 0 Å². The molecule has 0 aliphatic rings. The quantitative estimate of drug-likeness (QED) is 0.816. The van der Waals surface area contributed by atoms with Crippen LogP contribution in [0.5, 0.6) is 0 Å². The van der Waals surface area contributed by atoms with Gasteiger partial charge in [0, 0.05) is 0 Å². The van der Waals surface area contributed by atoms with Gasteiger partial charge in [-0.2, -0.15) is 0 Å². The van der Waals surface area contributed by atoms with Gasteiger partial charge in [0.15, 0.2) is 0 Å². The van der Waals surface area contributed by atoms with Crippen molar-refractivity contribution >= 4 is 6.01 Å². The topological polar surface area (TPSA) is 64.9 Å². The third kappa shape index (κ3) is 3.42. The molecule has 1 heterocycles. The predicted octanol–water partition coefficient (Wildman–Crippen LogP) is 2.27. The van der Waals surface area contributed by atoms with E-state index in [1.54, 1.807) is 0 Å². The molecule has 0 saturated heterocycles. The zero-order valence-electron chi connectivity index (χ0n) is 8.97. The van der Waals surface area contributed by atoms with Gasteiger partial charge in [0.2, 0.25) is 5.89 Å². The highest BCUT2D eigenvalue weighted by atomic mass is 16.4. The van der Waals surface area contributed by atoms with Crippen molar-refractivity contribution in [2.24, 2.45) is 0 Å². The molecule has 0 amide bonds. The molecule has 0 aliphatic heterocycles. The number of benzene rings is 1. The monoisotopic (exact) mass is 205 g/mol. The molecule has 0 unspecified atom stereocenters. The van der Waals surface area contributed by atoms with Crippen molar-refractivity contribution in [2.45, 2.75) is 20.3 Å². The lowest BCUT2D eigenvalue weighted by Gasteiger charge is -1.93. The third-order valence-corrected chi connectivity index (χ3v) is 1.68. The van der Waals surface area contributed by atoms with E-state index >= 15 is 0 Å². The van der Waals surface area contributed by atoms with Gasteiger partial charge in [0.05, 0.1) is 6.42 Å². The van der Waals surface area contributed by atoms with E-state index in [0.717, 1.165) is 5.56 Å². The van der Waals surface area contributed by atoms with Crippen molar-refractivity contribution in [1.82, 2.24) is 10.2 Å². The van der Waals surface area contributed by atoms with Gasteiger partial charge in [-0.1, -0.05) is 49.3 Å². The van der Waals surface area contributed by atoms with Crippen LogP contribution in [-0.4, -0.2) is 10.2 Å². The second-order valence-corrected chi connectivity index (χ2v) is 2.70. The van der Waals surface area contributed by atoms with Gasteiger partial charge in [0.1, 0.15) is 0 Å². The Morgan fingerprint density at radius 2 is 1.80 bits per heavy atom. The summed E-state index contributed by atoms with van der Waals surface area (Å²) in [5, 5.41) is 7.34. The molecule has 0 aliphatic carbocycles. The Labute approximate surface area is 89.1 Å². The number of nitrogens with zero attached hydrogens (tertiary/aromatic N) is 2. The Morgan fingerprint density at radius 1 is 1.13 bits per heavy atom. The molecule has 0 atom stereocenters. The predicted molar refractivity (Wildman–Crippen MR) is 59.3 cm³/mol. The smallest absolute Gasteiger partial charge is 0.312 e. The van der Waals surface area contributed by atoms with Crippen molar-refractivity contribution in [3.8, 4) is 0 Å². The lowest BCUT2D eigenvalue weighted by Crippen LogP contribution is -1.87. The van der Waals surface area contributed by atoms with Gasteiger partial charge in [-0.05, 0) is 5.56 Å². The van der Waals surface area contributed by atoms with Crippen LogP contribution >= 0.6 is 0 Å². The molecule has 80 valence electrons. The van der Waals surface area contributed by atoms with Crippen LogP contribution in [0.3, 0.4) is 0 Å². The normalized spacial score (nSPS) is 9.20. The van der Waals surface area contributed by atoms with E-state index in [9.17, 15) is 0 Å². The minimum absolute atomic E-state index is 0.117. The zero-order chi connectivity index (χ0) is 11.1. The Hall–Kier alpha value is -1.84. The van der Waals surface area contributed by atoms with Gasteiger partial charge in [-0.25, -0.2) is 0 Å². The van der Waals surface area contributed by atoms with Crippen LogP contribution in [0.15, 0.2) is 34.7 Å². The number of hydrogen-bond donors (Lipinski definition) is 1. The van der Waals surface area contributed by atoms with Crippen molar-refractivity contribution in [2.75, 3.05) is 5.73 Å². The van der Waals surface area contributed by atoms with Crippen LogP contribution in [-0.2, 0) is 6.42 Å². The number of hydrogen-bond acceptors (Lipinski definition) is 4. The van der Waals surface area contributed by atoms with Crippen molar-refractivity contribution in [3.63, 3.8) is 0 Å². The molecule has 15 heavy (non-hydrogen) atoms. The molecular formula is C11H15N3O. The Bertz CT molecular complexity index is 384. The lowest BCUT2D eigenvalue weighted by molar-refractivity contribution is 0.522. The highest BCUT2D eigenvalue weighted by Gasteiger charge is 2.02. The summed E-state index contributed by atoms with van der Waals surface area (Å²) < 4.78 is 5.04. The molecule has 0 bridgehead atoms. The zero-order valence-corrected chi connectivity index (χ0v) is 8.97. The van der Waals surface area contributed by atoms with Crippen LogP contribution in [0.4, 0.5) is 6.01 Å². The molecule has 0 radical (unpaired) electrons. The fourth-order valence-corrected chi connectivity index (χ4v) is 1.11. The summed E-state index contributed by atoms with van der Waals surface area (Å²) in [6.45, 7) is 4.00. The number of nitrogens with two attached hydrogens (primary N) is 1. The number of anilines is 1. The largest absolute Gasteiger partial charge is 0.408 e. The number of rotatable bonds is 2. The Morgan fingerprint density at radius 3 is 2.33 bits per heavy atom. The highest BCUT2D eigenvalue weighted by Crippen LogP contribution is 2.08. The van der Waals surface area contributed by atoms with Crippen LogP contribution < -0.4 is 5.73 Å². The number of aromatic nitrogens is 2. The molecule has 0 fully saturated rings. The minimum atomic E-state index is 0.117. The molecular weight excluding hydrogens is 190 g/mol. The maximum Gasteiger partial charge on any atom is 0.312 e. The fourth-order valence-electron chi connectivity index (χ4n) is 1.11. The summed E-state index contributed by atoms with van der Waals surface area (Å²) >= 11 is 0. The SMILES string of the molecule is CC.Nc1nnc(Cc2ccccc2)o1. The van der Waals surface area contributed by atoms with E-state index in [-0.39, 0.29) is 6.01 Å². The molecule has 4 heteroatoms. The Kier molecular flexibility index (Phi) is 4.34. The summed E-state index contributed by atoms with van der Waals surface area (Å²) in [5.74, 6) is 0.545. The van der Waals surface area contributed by atoms with Gasteiger partial charge in [0.25, 0.3) is 0 Å². The summed E-state index contributed by atoms with van der Waals surface area (Å²) in [6, 6.07) is 10.0. The average Bonchev–Trinajstić information content (AvgIpc) is 2.68. The van der Waals surface area contributed by atoms with E-state index in [2.05, 4.69) is 10.2 Å². The first-order valence-electron chi connectivity index (χ1n) is 4.96. The molecule has 1 aromatic carbocycles. The van der Waals surface area contributed by atoms with Gasteiger partial charge in [-0.15, -0.1) is 5.10 Å². The molecule has 1 aromatic heterocycles. The summed E-state index contributed by atoms with van der Waals surface area (Å²) in [4.78, 5) is 0. The van der Waals surface area contributed by atoms with Crippen LogP contribution in [0.1, 0.15) is 25.3 Å². The summed E-state index contributed by atoms with van der Waals surface area (Å²) in [7, 11) is 0. The van der Waals surface area contributed by atoms with Crippen LogP contribution in [0.25, 0.3) is 0 Å². The minimum Gasteiger partial charge on any atom is -0.408 e. The third-order valence-electron chi connectivity index (χ3n) is 1.68. The van der Waals surface area contributed by atoms with E-state index < -0.39 is 0 Å². The second-order valence-electron chi connectivity index (χ2n) is 2.70. The molecule has 2 aromatic rings. The first-order valence-corrected chi connectivity index (χ1v) is 4.96. The molecule has 0 saturated carbocycles. The first-order chi connectivity index (χ1) is 7.34. The standard InChI is InChI=1S/C9H9N3O.C2H6/c10-9-12-11-8(13-9)6-7-4-2-1-3-5-7;1-2/h1-5H,6H2,(H2,10,12);1-2H3.